The molecule has 0 atom stereocenters. The standard InChI is InChI=1S/C18H16F2O3.C14H10F2O2/c1-12(21)2-8-17(22)16-10-15(20)7-9-18(16)23-11-13-3-5-14(19)6-4-13;15-12-3-1-10(2-4-12)9-18-14-6-5-13(16)7-11(14)8-17/h3-7,9-10H,2,8,11H2,1H3;1-8H,9H2. The fourth-order valence-electron chi connectivity index (χ4n) is 3.50. The number of benzene rings is 4. The first-order valence-corrected chi connectivity index (χ1v) is 12.5. The highest BCUT2D eigenvalue weighted by atomic mass is 19.1. The highest BCUT2D eigenvalue weighted by Crippen LogP contribution is 2.23. The van der Waals surface area contributed by atoms with Crippen LogP contribution < -0.4 is 9.47 Å². The number of Topliss-reactive ketones (excluding diaryl/α,β-unsaturated/α-hetero) is 2. The van der Waals surface area contributed by atoms with Crippen molar-refractivity contribution in [3.63, 3.8) is 0 Å². The van der Waals surface area contributed by atoms with Gasteiger partial charge in [0.1, 0.15) is 53.8 Å². The van der Waals surface area contributed by atoms with Gasteiger partial charge in [-0.05, 0) is 78.7 Å². The van der Waals surface area contributed by atoms with E-state index in [1.165, 1.54) is 55.5 Å². The molecule has 0 radical (unpaired) electrons. The van der Waals surface area contributed by atoms with Crippen molar-refractivity contribution in [2.75, 3.05) is 0 Å². The second-order valence-electron chi connectivity index (χ2n) is 8.90. The Morgan fingerprint density at radius 3 is 1.61 bits per heavy atom. The van der Waals surface area contributed by atoms with Gasteiger partial charge in [-0.1, -0.05) is 24.3 Å². The van der Waals surface area contributed by atoms with Gasteiger partial charge < -0.3 is 14.3 Å². The second kappa shape index (κ2) is 15.1. The van der Waals surface area contributed by atoms with Gasteiger partial charge in [0.05, 0.1) is 11.1 Å². The molecule has 9 heteroatoms. The SMILES string of the molecule is CC(=O)CCC(=O)c1cc(F)ccc1OCc1ccc(F)cc1.O=Cc1cc(F)ccc1OCc1ccc(F)cc1. The fraction of sp³-hybridized carbons (Fsp3) is 0.156. The van der Waals surface area contributed by atoms with Gasteiger partial charge in [-0.15, -0.1) is 0 Å². The molecule has 0 aliphatic heterocycles. The number of hydrogen-bond donors (Lipinski definition) is 0. The maximum atomic E-state index is 13.4. The Bertz CT molecular complexity index is 1490. The number of ether oxygens (including phenoxy) is 2. The molecule has 0 fully saturated rings. The molecule has 41 heavy (non-hydrogen) atoms. The molecule has 4 rings (SSSR count). The Kier molecular flexibility index (Phi) is 11.3. The van der Waals surface area contributed by atoms with Crippen LogP contribution in [0.3, 0.4) is 0 Å². The lowest BCUT2D eigenvalue weighted by atomic mass is 10.0. The number of halogens is 4. The van der Waals surface area contributed by atoms with E-state index in [2.05, 4.69) is 0 Å². The number of hydrogen-bond acceptors (Lipinski definition) is 5. The van der Waals surface area contributed by atoms with E-state index in [4.69, 9.17) is 9.47 Å². The van der Waals surface area contributed by atoms with Crippen LogP contribution in [-0.2, 0) is 18.0 Å². The molecule has 5 nitrogen and oxygen atoms in total. The van der Waals surface area contributed by atoms with Crippen molar-refractivity contribution in [2.24, 2.45) is 0 Å². The van der Waals surface area contributed by atoms with E-state index < -0.39 is 11.6 Å². The van der Waals surface area contributed by atoms with E-state index in [1.54, 1.807) is 24.3 Å². The predicted octanol–water partition coefficient (Wildman–Crippen LogP) is 7.45. The molecule has 0 saturated heterocycles. The quantitative estimate of drug-likeness (QED) is 0.107. The van der Waals surface area contributed by atoms with Gasteiger partial charge in [0, 0.05) is 12.8 Å². The Morgan fingerprint density at radius 1 is 0.634 bits per heavy atom. The van der Waals surface area contributed by atoms with Crippen molar-refractivity contribution >= 4 is 17.9 Å². The van der Waals surface area contributed by atoms with E-state index in [-0.39, 0.29) is 66.1 Å². The van der Waals surface area contributed by atoms with E-state index >= 15 is 0 Å². The van der Waals surface area contributed by atoms with E-state index in [1.807, 2.05) is 0 Å². The van der Waals surface area contributed by atoms with Crippen LogP contribution in [0.2, 0.25) is 0 Å². The third-order valence-electron chi connectivity index (χ3n) is 5.66. The molecule has 0 aromatic heterocycles. The van der Waals surface area contributed by atoms with E-state index in [9.17, 15) is 31.9 Å². The Balaban J connectivity index is 0.000000232. The number of carbonyl (C=O) groups is 3. The van der Waals surface area contributed by atoms with Crippen molar-refractivity contribution in [3.05, 3.63) is 130 Å². The normalized spacial score (nSPS) is 10.3. The van der Waals surface area contributed by atoms with Crippen molar-refractivity contribution in [2.45, 2.75) is 33.0 Å². The average molecular weight is 567 g/mol. The van der Waals surface area contributed by atoms with E-state index in [0.717, 1.165) is 23.3 Å². The molecule has 0 aliphatic carbocycles. The first kappa shape index (κ1) is 30.7. The zero-order valence-corrected chi connectivity index (χ0v) is 22.0. The van der Waals surface area contributed by atoms with Crippen molar-refractivity contribution in [1.82, 2.24) is 0 Å². The maximum Gasteiger partial charge on any atom is 0.167 e. The van der Waals surface area contributed by atoms with E-state index in [0.29, 0.717) is 12.0 Å². The van der Waals surface area contributed by atoms with Crippen LogP contribution in [0, 0.1) is 23.3 Å². The summed E-state index contributed by atoms with van der Waals surface area (Å²) in [5.74, 6) is -1.64. The lowest BCUT2D eigenvalue weighted by Gasteiger charge is -2.11. The van der Waals surface area contributed by atoms with Gasteiger partial charge >= 0.3 is 0 Å². The molecule has 0 spiro atoms. The first-order valence-electron chi connectivity index (χ1n) is 12.5. The van der Waals surface area contributed by atoms with Gasteiger partial charge in [0.25, 0.3) is 0 Å². The summed E-state index contributed by atoms with van der Waals surface area (Å²) < 4.78 is 62.8. The van der Waals surface area contributed by atoms with Crippen LogP contribution in [-0.4, -0.2) is 17.9 Å². The minimum atomic E-state index is -0.551. The van der Waals surface area contributed by atoms with Crippen LogP contribution >= 0.6 is 0 Å². The molecule has 0 heterocycles. The van der Waals surface area contributed by atoms with Crippen LogP contribution in [0.4, 0.5) is 17.6 Å². The first-order chi connectivity index (χ1) is 19.6. The topological polar surface area (TPSA) is 69.7 Å². The fourth-order valence-corrected chi connectivity index (χ4v) is 3.50. The predicted molar refractivity (Wildman–Crippen MR) is 144 cm³/mol. The van der Waals surface area contributed by atoms with Gasteiger partial charge in [-0.25, -0.2) is 17.6 Å². The van der Waals surface area contributed by atoms with Crippen LogP contribution in [0.5, 0.6) is 11.5 Å². The van der Waals surface area contributed by atoms with Crippen molar-refractivity contribution in [3.8, 4) is 11.5 Å². The van der Waals surface area contributed by atoms with Crippen molar-refractivity contribution < 1.29 is 41.4 Å². The molecule has 0 unspecified atom stereocenters. The lowest BCUT2D eigenvalue weighted by molar-refractivity contribution is -0.117. The molecule has 212 valence electrons. The Labute approximate surface area is 234 Å². The summed E-state index contributed by atoms with van der Waals surface area (Å²) in [6.07, 6.45) is 0.640. The smallest absolute Gasteiger partial charge is 0.167 e. The highest BCUT2D eigenvalue weighted by Gasteiger charge is 2.15. The summed E-state index contributed by atoms with van der Waals surface area (Å²) in [6, 6.07) is 18.9. The molecule has 0 aliphatic rings. The van der Waals surface area contributed by atoms with Crippen molar-refractivity contribution in [1.29, 1.82) is 0 Å². The maximum absolute atomic E-state index is 13.4. The molecular weight excluding hydrogens is 540 g/mol. The Hall–Kier alpha value is -4.79. The summed E-state index contributed by atoms with van der Waals surface area (Å²) in [6.45, 7) is 1.70. The van der Waals surface area contributed by atoms with Gasteiger partial charge in [-0.3, -0.25) is 9.59 Å². The molecule has 0 amide bonds. The third-order valence-corrected chi connectivity index (χ3v) is 5.66. The molecule has 4 aromatic rings. The third kappa shape index (κ3) is 10.0. The molecular formula is C32H26F4O5. The van der Waals surface area contributed by atoms with Gasteiger partial charge in [0.15, 0.2) is 12.1 Å². The average Bonchev–Trinajstić information content (AvgIpc) is 2.96. The molecule has 0 bridgehead atoms. The van der Waals surface area contributed by atoms with Crippen LogP contribution in [0.25, 0.3) is 0 Å². The largest absolute Gasteiger partial charge is 0.488 e. The monoisotopic (exact) mass is 566 g/mol. The number of carbonyl (C=O) groups excluding carboxylic acids is 3. The summed E-state index contributed by atoms with van der Waals surface area (Å²) >= 11 is 0. The zero-order chi connectivity index (χ0) is 29.8. The minimum absolute atomic E-state index is 0.00565. The molecule has 0 N–H and O–H groups in total. The number of rotatable bonds is 11. The summed E-state index contributed by atoms with van der Waals surface area (Å²) in [4.78, 5) is 33.9. The second-order valence-corrected chi connectivity index (χ2v) is 8.90. The summed E-state index contributed by atoms with van der Waals surface area (Å²) in [7, 11) is 0. The molecule has 0 saturated carbocycles. The molecule has 4 aromatic carbocycles. The zero-order valence-electron chi connectivity index (χ0n) is 22.0. The number of ketones is 2. The Morgan fingerprint density at radius 2 is 1.10 bits per heavy atom. The van der Waals surface area contributed by atoms with Gasteiger partial charge in [0.2, 0.25) is 0 Å². The number of aldehydes is 1. The summed E-state index contributed by atoms with van der Waals surface area (Å²) in [5.41, 5.74) is 1.74. The summed E-state index contributed by atoms with van der Waals surface area (Å²) in [5, 5.41) is 0. The van der Waals surface area contributed by atoms with Crippen LogP contribution in [0.1, 0.15) is 51.6 Å². The minimum Gasteiger partial charge on any atom is -0.488 e. The lowest BCUT2D eigenvalue weighted by Crippen LogP contribution is -2.06. The van der Waals surface area contributed by atoms with Gasteiger partial charge in [-0.2, -0.15) is 0 Å². The highest BCUT2D eigenvalue weighted by molar-refractivity contribution is 6.00. The van der Waals surface area contributed by atoms with Crippen LogP contribution in [0.15, 0.2) is 84.9 Å².